The monoisotopic (exact) mass is 305 g/mol. The molecule has 3 N–H and O–H groups in total. The molecule has 0 aliphatic rings. The van der Waals surface area contributed by atoms with Gasteiger partial charge in [-0.1, -0.05) is 31.5 Å². The fourth-order valence-corrected chi connectivity index (χ4v) is 2.38. The molecule has 0 saturated carbocycles. The molecule has 1 unspecified atom stereocenters. The van der Waals surface area contributed by atoms with Crippen LogP contribution in [-0.2, 0) is 9.59 Å². The quantitative estimate of drug-likeness (QED) is 0.811. The molecule has 1 aromatic carbocycles. The van der Waals surface area contributed by atoms with Crippen molar-refractivity contribution in [3.8, 4) is 0 Å². The van der Waals surface area contributed by atoms with E-state index in [0.29, 0.717) is 13.0 Å². The average molecular weight is 305 g/mol. The van der Waals surface area contributed by atoms with Gasteiger partial charge in [-0.15, -0.1) is 0 Å². The Balaban J connectivity index is 2.71. The largest absolute Gasteiger partial charge is 0.332 e. The van der Waals surface area contributed by atoms with Crippen molar-refractivity contribution in [2.75, 3.05) is 18.4 Å². The first-order valence-electron chi connectivity index (χ1n) is 7.81. The molecule has 0 heterocycles. The Morgan fingerprint density at radius 2 is 1.82 bits per heavy atom. The van der Waals surface area contributed by atoms with Crippen LogP contribution in [0.3, 0.4) is 0 Å². The van der Waals surface area contributed by atoms with Crippen molar-refractivity contribution >= 4 is 17.5 Å². The van der Waals surface area contributed by atoms with Crippen LogP contribution in [0.15, 0.2) is 18.2 Å². The summed E-state index contributed by atoms with van der Waals surface area (Å²) in [5, 5.41) is 2.90. The van der Waals surface area contributed by atoms with Crippen molar-refractivity contribution in [1.29, 1.82) is 0 Å². The normalized spacial score (nSPS) is 11.9. The minimum atomic E-state index is -0.530. The van der Waals surface area contributed by atoms with Gasteiger partial charge in [0.05, 0.1) is 12.6 Å². The molecule has 0 fully saturated rings. The Kier molecular flexibility index (Phi) is 7.05. The molecule has 22 heavy (non-hydrogen) atoms. The first-order valence-corrected chi connectivity index (χ1v) is 7.81. The summed E-state index contributed by atoms with van der Waals surface area (Å²) in [6.45, 7) is 8.22. The van der Waals surface area contributed by atoms with E-state index in [9.17, 15) is 9.59 Å². The maximum atomic E-state index is 12.2. The van der Waals surface area contributed by atoms with Gasteiger partial charge in [-0.25, -0.2) is 0 Å². The number of nitrogens with zero attached hydrogens (tertiary/aromatic N) is 1. The summed E-state index contributed by atoms with van der Waals surface area (Å²) < 4.78 is 0. The lowest BCUT2D eigenvalue weighted by Gasteiger charge is -2.24. The predicted molar refractivity (Wildman–Crippen MR) is 89.7 cm³/mol. The summed E-state index contributed by atoms with van der Waals surface area (Å²) >= 11 is 0. The SMILES string of the molecule is CCCC(N)C(=O)N(CC)CC(=O)Nc1c(C)cccc1C. The van der Waals surface area contributed by atoms with Crippen LogP contribution in [0.2, 0.25) is 0 Å². The van der Waals surface area contributed by atoms with Gasteiger partial charge in [0, 0.05) is 12.2 Å². The first kappa shape index (κ1) is 18.2. The number of aryl methyl sites for hydroxylation is 2. The Hall–Kier alpha value is -1.88. The summed E-state index contributed by atoms with van der Waals surface area (Å²) in [6.07, 6.45) is 1.48. The molecule has 5 heteroatoms. The molecule has 0 aromatic heterocycles. The number of hydrogen-bond acceptors (Lipinski definition) is 3. The maximum Gasteiger partial charge on any atom is 0.244 e. The number of hydrogen-bond donors (Lipinski definition) is 2. The van der Waals surface area contributed by atoms with Crippen molar-refractivity contribution < 1.29 is 9.59 Å². The molecule has 122 valence electrons. The molecule has 1 aromatic rings. The van der Waals surface area contributed by atoms with Gasteiger partial charge in [-0.3, -0.25) is 9.59 Å². The third-order valence-electron chi connectivity index (χ3n) is 3.69. The third kappa shape index (κ3) is 4.84. The van der Waals surface area contributed by atoms with Crippen molar-refractivity contribution in [3.63, 3.8) is 0 Å². The van der Waals surface area contributed by atoms with E-state index in [0.717, 1.165) is 23.2 Å². The van der Waals surface area contributed by atoms with E-state index in [-0.39, 0.29) is 18.4 Å². The molecule has 1 rings (SSSR count). The lowest BCUT2D eigenvalue weighted by molar-refractivity contribution is -0.135. The van der Waals surface area contributed by atoms with Crippen LogP contribution in [0.25, 0.3) is 0 Å². The summed E-state index contributed by atoms with van der Waals surface area (Å²) in [4.78, 5) is 25.9. The summed E-state index contributed by atoms with van der Waals surface area (Å²) in [6, 6.07) is 5.31. The number of anilines is 1. The highest BCUT2D eigenvalue weighted by Crippen LogP contribution is 2.19. The van der Waals surface area contributed by atoms with Crippen LogP contribution in [0.4, 0.5) is 5.69 Å². The first-order chi connectivity index (χ1) is 10.4. The molecule has 5 nitrogen and oxygen atoms in total. The molecule has 0 spiro atoms. The molecule has 0 radical (unpaired) electrons. The lowest BCUT2D eigenvalue weighted by Crippen LogP contribution is -2.46. The maximum absolute atomic E-state index is 12.2. The standard InChI is InChI=1S/C17H27N3O2/c1-5-8-14(18)17(22)20(6-2)11-15(21)19-16-12(3)9-7-10-13(16)4/h7,9-10,14H,5-6,8,11,18H2,1-4H3,(H,19,21). The highest BCUT2D eigenvalue weighted by atomic mass is 16.2. The number of para-hydroxylation sites is 1. The van der Waals surface area contributed by atoms with Crippen LogP contribution in [0.1, 0.15) is 37.8 Å². The zero-order valence-corrected chi connectivity index (χ0v) is 14.0. The number of benzene rings is 1. The number of nitrogens with one attached hydrogen (secondary N) is 1. The van der Waals surface area contributed by atoms with Crippen molar-refractivity contribution in [3.05, 3.63) is 29.3 Å². The fraction of sp³-hybridized carbons (Fsp3) is 0.529. The fourth-order valence-electron chi connectivity index (χ4n) is 2.38. The number of rotatable bonds is 7. The Labute approximate surface area is 132 Å². The summed E-state index contributed by atoms with van der Waals surface area (Å²) in [5.74, 6) is -0.364. The van der Waals surface area contributed by atoms with Crippen LogP contribution in [0, 0.1) is 13.8 Å². The molecular formula is C17H27N3O2. The average Bonchev–Trinajstić information content (AvgIpc) is 2.48. The second kappa shape index (κ2) is 8.54. The Bertz CT molecular complexity index is 508. The minimum absolute atomic E-state index is 0.0283. The molecular weight excluding hydrogens is 278 g/mol. The zero-order chi connectivity index (χ0) is 16.7. The van der Waals surface area contributed by atoms with Crippen LogP contribution >= 0.6 is 0 Å². The molecule has 0 bridgehead atoms. The number of likely N-dealkylation sites (N-methyl/N-ethyl adjacent to an activating group) is 1. The second-order valence-corrected chi connectivity index (χ2v) is 5.56. The van der Waals surface area contributed by atoms with Gasteiger partial charge < -0.3 is 16.0 Å². The van der Waals surface area contributed by atoms with Gasteiger partial charge >= 0.3 is 0 Å². The van der Waals surface area contributed by atoms with E-state index in [4.69, 9.17) is 5.73 Å². The summed E-state index contributed by atoms with van der Waals surface area (Å²) in [7, 11) is 0. The smallest absolute Gasteiger partial charge is 0.244 e. The van der Waals surface area contributed by atoms with Gasteiger partial charge in [0.15, 0.2) is 0 Å². The van der Waals surface area contributed by atoms with Crippen molar-refractivity contribution in [1.82, 2.24) is 4.90 Å². The van der Waals surface area contributed by atoms with E-state index in [1.165, 1.54) is 4.90 Å². The molecule has 0 aliphatic carbocycles. The third-order valence-corrected chi connectivity index (χ3v) is 3.69. The minimum Gasteiger partial charge on any atom is -0.332 e. The van der Waals surface area contributed by atoms with Gasteiger partial charge in [-0.2, -0.15) is 0 Å². The topological polar surface area (TPSA) is 75.4 Å². The number of carbonyl (C=O) groups excluding carboxylic acids is 2. The molecule has 0 saturated heterocycles. The second-order valence-electron chi connectivity index (χ2n) is 5.56. The van der Waals surface area contributed by atoms with E-state index >= 15 is 0 Å². The lowest BCUT2D eigenvalue weighted by atomic mass is 10.1. The van der Waals surface area contributed by atoms with Gasteiger partial charge in [0.1, 0.15) is 0 Å². The Morgan fingerprint density at radius 3 is 2.32 bits per heavy atom. The highest BCUT2D eigenvalue weighted by molar-refractivity contribution is 5.96. The molecule has 2 amide bonds. The van der Waals surface area contributed by atoms with E-state index < -0.39 is 6.04 Å². The van der Waals surface area contributed by atoms with Gasteiger partial charge in [-0.05, 0) is 38.3 Å². The molecule has 0 aliphatic heterocycles. The highest BCUT2D eigenvalue weighted by Gasteiger charge is 2.21. The van der Waals surface area contributed by atoms with E-state index in [1.807, 2.05) is 45.9 Å². The van der Waals surface area contributed by atoms with Gasteiger partial charge in [0.25, 0.3) is 0 Å². The van der Waals surface area contributed by atoms with Crippen LogP contribution in [-0.4, -0.2) is 35.8 Å². The van der Waals surface area contributed by atoms with E-state index in [1.54, 1.807) is 0 Å². The van der Waals surface area contributed by atoms with Crippen molar-refractivity contribution in [2.45, 2.75) is 46.6 Å². The number of nitrogens with two attached hydrogens (primary N) is 1. The van der Waals surface area contributed by atoms with Gasteiger partial charge in [0.2, 0.25) is 11.8 Å². The number of carbonyl (C=O) groups is 2. The Morgan fingerprint density at radius 1 is 1.23 bits per heavy atom. The van der Waals surface area contributed by atoms with Crippen LogP contribution in [0.5, 0.6) is 0 Å². The molecule has 1 atom stereocenters. The predicted octanol–water partition coefficient (Wildman–Crippen LogP) is 2.22. The van der Waals surface area contributed by atoms with E-state index in [2.05, 4.69) is 5.32 Å². The van der Waals surface area contributed by atoms with Crippen molar-refractivity contribution in [2.24, 2.45) is 5.73 Å². The summed E-state index contributed by atoms with van der Waals surface area (Å²) in [5.41, 5.74) is 8.68. The zero-order valence-electron chi connectivity index (χ0n) is 14.0. The van der Waals surface area contributed by atoms with Crippen LogP contribution < -0.4 is 11.1 Å². The number of amides is 2.